The van der Waals surface area contributed by atoms with Crippen molar-refractivity contribution in [3.63, 3.8) is 0 Å². The number of anilines is 1. The molecule has 1 N–H and O–H groups in total. The zero-order valence-corrected chi connectivity index (χ0v) is 11.4. The topological polar surface area (TPSA) is 42.2 Å². The van der Waals surface area contributed by atoms with Crippen molar-refractivity contribution in [3.8, 4) is 0 Å². The molecular weight excluding hydrogens is 250 g/mol. The van der Waals surface area contributed by atoms with E-state index in [1.54, 1.807) is 6.07 Å². The summed E-state index contributed by atoms with van der Waals surface area (Å²) < 4.78 is 5.55. The molecule has 3 aromatic rings. The third kappa shape index (κ3) is 2.43. The van der Waals surface area contributed by atoms with E-state index in [1.807, 2.05) is 50.2 Å². The zero-order valence-electron chi connectivity index (χ0n) is 11.4. The van der Waals surface area contributed by atoms with Crippen LogP contribution in [0.15, 0.2) is 52.9 Å². The SMILES string of the molecule is Cc1cc(C)cc(NC(=O)c2cc3ccccc3o2)c1. The maximum Gasteiger partial charge on any atom is 0.291 e. The smallest absolute Gasteiger partial charge is 0.291 e. The minimum atomic E-state index is -0.230. The lowest BCUT2D eigenvalue weighted by atomic mass is 10.1. The number of nitrogens with one attached hydrogen (secondary N) is 1. The molecule has 1 heterocycles. The molecule has 0 radical (unpaired) electrons. The number of carbonyl (C=O) groups is 1. The standard InChI is InChI=1S/C17H15NO2/c1-11-7-12(2)9-14(8-11)18-17(19)16-10-13-5-3-4-6-15(13)20-16/h3-10H,1-2H3,(H,18,19). The molecular formula is C17H15NO2. The summed E-state index contributed by atoms with van der Waals surface area (Å²) in [7, 11) is 0. The van der Waals surface area contributed by atoms with Gasteiger partial charge in [0, 0.05) is 11.1 Å². The van der Waals surface area contributed by atoms with Gasteiger partial charge in [-0.05, 0) is 49.2 Å². The summed E-state index contributed by atoms with van der Waals surface area (Å²) in [4.78, 5) is 12.2. The van der Waals surface area contributed by atoms with Crippen LogP contribution in [0.1, 0.15) is 21.7 Å². The molecule has 100 valence electrons. The molecule has 0 aliphatic heterocycles. The van der Waals surface area contributed by atoms with Gasteiger partial charge in [-0.3, -0.25) is 4.79 Å². The zero-order chi connectivity index (χ0) is 14.1. The molecule has 20 heavy (non-hydrogen) atoms. The van der Waals surface area contributed by atoms with Crippen LogP contribution in [0.5, 0.6) is 0 Å². The van der Waals surface area contributed by atoms with Crippen molar-refractivity contribution in [2.45, 2.75) is 13.8 Å². The van der Waals surface area contributed by atoms with Crippen LogP contribution in [0, 0.1) is 13.8 Å². The normalized spacial score (nSPS) is 10.7. The molecule has 0 spiro atoms. The number of rotatable bonds is 2. The number of hydrogen-bond donors (Lipinski definition) is 1. The third-order valence-corrected chi connectivity index (χ3v) is 3.13. The summed E-state index contributed by atoms with van der Waals surface area (Å²) in [6.07, 6.45) is 0. The van der Waals surface area contributed by atoms with Crippen LogP contribution < -0.4 is 5.32 Å². The summed E-state index contributed by atoms with van der Waals surface area (Å²) >= 11 is 0. The number of amides is 1. The summed E-state index contributed by atoms with van der Waals surface area (Å²) in [6.45, 7) is 4.01. The first-order valence-corrected chi connectivity index (χ1v) is 6.50. The lowest BCUT2D eigenvalue weighted by molar-refractivity contribution is 0.0998. The van der Waals surface area contributed by atoms with Gasteiger partial charge < -0.3 is 9.73 Å². The fourth-order valence-electron chi connectivity index (χ4n) is 2.33. The lowest BCUT2D eigenvalue weighted by Crippen LogP contribution is -2.11. The van der Waals surface area contributed by atoms with Crippen LogP contribution in [-0.2, 0) is 0 Å². The van der Waals surface area contributed by atoms with E-state index >= 15 is 0 Å². The van der Waals surface area contributed by atoms with Gasteiger partial charge in [0.05, 0.1) is 0 Å². The minimum absolute atomic E-state index is 0.230. The highest BCUT2D eigenvalue weighted by Crippen LogP contribution is 2.20. The molecule has 2 aromatic carbocycles. The first kappa shape index (κ1) is 12.5. The Morgan fingerprint density at radius 1 is 1.00 bits per heavy atom. The van der Waals surface area contributed by atoms with Crippen LogP contribution in [0.3, 0.4) is 0 Å². The monoisotopic (exact) mass is 265 g/mol. The number of fused-ring (bicyclic) bond motifs is 1. The van der Waals surface area contributed by atoms with E-state index in [9.17, 15) is 4.79 Å². The van der Waals surface area contributed by atoms with Crippen molar-refractivity contribution in [1.82, 2.24) is 0 Å². The summed E-state index contributed by atoms with van der Waals surface area (Å²) in [6, 6.07) is 15.3. The number of para-hydroxylation sites is 1. The number of carbonyl (C=O) groups excluding carboxylic acids is 1. The van der Waals surface area contributed by atoms with E-state index in [-0.39, 0.29) is 5.91 Å². The maximum absolute atomic E-state index is 12.2. The second-order valence-corrected chi connectivity index (χ2v) is 4.98. The number of benzene rings is 2. The quantitative estimate of drug-likeness (QED) is 0.750. The van der Waals surface area contributed by atoms with E-state index in [1.165, 1.54) is 0 Å². The van der Waals surface area contributed by atoms with Crippen molar-refractivity contribution in [2.75, 3.05) is 5.32 Å². The minimum Gasteiger partial charge on any atom is -0.451 e. The van der Waals surface area contributed by atoms with E-state index in [0.717, 1.165) is 27.8 Å². The van der Waals surface area contributed by atoms with Crippen LogP contribution in [0.2, 0.25) is 0 Å². The molecule has 0 bridgehead atoms. The number of aryl methyl sites for hydroxylation is 2. The Morgan fingerprint density at radius 3 is 2.40 bits per heavy atom. The second-order valence-electron chi connectivity index (χ2n) is 4.98. The lowest BCUT2D eigenvalue weighted by Gasteiger charge is -2.05. The first-order chi connectivity index (χ1) is 9.61. The van der Waals surface area contributed by atoms with Gasteiger partial charge in [-0.2, -0.15) is 0 Å². The Hall–Kier alpha value is -2.55. The summed E-state index contributed by atoms with van der Waals surface area (Å²) in [5.41, 5.74) is 3.74. The Bertz CT molecular complexity index is 733. The molecule has 3 rings (SSSR count). The molecule has 0 saturated carbocycles. The van der Waals surface area contributed by atoms with Crippen molar-refractivity contribution in [1.29, 1.82) is 0 Å². The van der Waals surface area contributed by atoms with Crippen LogP contribution in [0.4, 0.5) is 5.69 Å². The first-order valence-electron chi connectivity index (χ1n) is 6.50. The Labute approximate surface area is 117 Å². The van der Waals surface area contributed by atoms with Crippen molar-refractivity contribution in [2.24, 2.45) is 0 Å². The average molecular weight is 265 g/mol. The molecule has 0 atom stereocenters. The van der Waals surface area contributed by atoms with Crippen LogP contribution in [-0.4, -0.2) is 5.91 Å². The Kier molecular flexibility index (Phi) is 3.03. The van der Waals surface area contributed by atoms with Crippen molar-refractivity contribution >= 4 is 22.6 Å². The Balaban J connectivity index is 1.88. The molecule has 0 saturated heterocycles. The maximum atomic E-state index is 12.2. The fourth-order valence-corrected chi connectivity index (χ4v) is 2.33. The molecule has 1 aromatic heterocycles. The van der Waals surface area contributed by atoms with E-state index < -0.39 is 0 Å². The van der Waals surface area contributed by atoms with E-state index in [0.29, 0.717) is 5.76 Å². The van der Waals surface area contributed by atoms with E-state index in [2.05, 4.69) is 11.4 Å². The molecule has 3 heteroatoms. The fraction of sp³-hybridized carbons (Fsp3) is 0.118. The van der Waals surface area contributed by atoms with Gasteiger partial charge in [-0.15, -0.1) is 0 Å². The molecule has 0 unspecified atom stereocenters. The van der Waals surface area contributed by atoms with Crippen LogP contribution in [0.25, 0.3) is 11.0 Å². The summed E-state index contributed by atoms with van der Waals surface area (Å²) in [5.74, 6) is 0.0940. The number of furan rings is 1. The molecule has 1 amide bonds. The third-order valence-electron chi connectivity index (χ3n) is 3.13. The van der Waals surface area contributed by atoms with Gasteiger partial charge in [-0.25, -0.2) is 0 Å². The highest BCUT2D eigenvalue weighted by molar-refractivity contribution is 6.04. The van der Waals surface area contributed by atoms with Gasteiger partial charge in [0.2, 0.25) is 0 Å². The highest BCUT2D eigenvalue weighted by Gasteiger charge is 2.12. The highest BCUT2D eigenvalue weighted by atomic mass is 16.3. The largest absolute Gasteiger partial charge is 0.451 e. The van der Waals surface area contributed by atoms with Crippen molar-refractivity contribution < 1.29 is 9.21 Å². The van der Waals surface area contributed by atoms with Gasteiger partial charge in [0.15, 0.2) is 5.76 Å². The molecule has 0 aliphatic carbocycles. The van der Waals surface area contributed by atoms with Gasteiger partial charge in [0.1, 0.15) is 5.58 Å². The number of hydrogen-bond acceptors (Lipinski definition) is 2. The second kappa shape index (κ2) is 4.85. The van der Waals surface area contributed by atoms with Gasteiger partial charge in [-0.1, -0.05) is 24.3 Å². The summed E-state index contributed by atoms with van der Waals surface area (Å²) in [5, 5.41) is 3.80. The van der Waals surface area contributed by atoms with Gasteiger partial charge in [0.25, 0.3) is 5.91 Å². The van der Waals surface area contributed by atoms with E-state index in [4.69, 9.17) is 4.42 Å². The average Bonchev–Trinajstić information content (AvgIpc) is 2.81. The molecule has 0 aliphatic rings. The Morgan fingerprint density at radius 2 is 1.70 bits per heavy atom. The van der Waals surface area contributed by atoms with Crippen molar-refractivity contribution in [3.05, 3.63) is 65.4 Å². The molecule has 3 nitrogen and oxygen atoms in total. The predicted octanol–water partition coefficient (Wildman–Crippen LogP) is 4.30. The van der Waals surface area contributed by atoms with Gasteiger partial charge >= 0.3 is 0 Å². The predicted molar refractivity (Wildman–Crippen MR) is 80.1 cm³/mol. The van der Waals surface area contributed by atoms with Crippen LogP contribution >= 0.6 is 0 Å². The molecule has 0 fully saturated rings.